The molecule has 0 heterocycles. The van der Waals surface area contributed by atoms with Crippen molar-refractivity contribution in [2.75, 3.05) is 7.11 Å². The van der Waals surface area contributed by atoms with Crippen LogP contribution < -0.4 is 0 Å². The highest BCUT2D eigenvalue weighted by molar-refractivity contribution is 5.64. The molecule has 13 heavy (non-hydrogen) atoms. The average Bonchev–Trinajstić information content (AvgIpc) is 2.15. The summed E-state index contributed by atoms with van der Waals surface area (Å²) in [5, 5.41) is 0. The van der Waals surface area contributed by atoms with Crippen LogP contribution in [0.15, 0.2) is 12.2 Å². The number of allylic oxidation sites excluding steroid dienone is 1. The fourth-order valence-electron chi connectivity index (χ4n) is 1.53. The number of ether oxygens (including phenoxy) is 1. The van der Waals surface area contributed by atoms with E-state index in [9.17, 15) is 4.79 Å². The second kappa shape index (κ2) is 6.84. The number of aldehydes is 1. The smallest absolute Gasteiger partial charge is 0.142 e. The summed E-state index contributed by atoms with van der Waals surface area (Å²) in [6.45, 7) is 6.38. The monoisotopic (exact) mass is 184 g/mol. The second-order valence-electron chi connectivity index (χ2n) is 3.47. The highest BCUT2D eigenvalue weighted by Crippen LogP contribution is 2.19. The standard InChI is InChI=1S/C11H20O2/c1-5-9(2)11(13-4)10(3)7-6-8-12/h6-11H,5H2,1-4H3/b7-6+. The van der Waals surface area contributed by atoms with E-state index in [0.29, 0.717) is 11.8 Å². The zero-order valence-corrected chi connectivity index (χ0v) is 8.99. The lowest BCUT2D eigenvalue weighted by atomic mass is 9.91. The lowest BCUT2D eigenvalue weighted by Gasteiger charge is -2.25. The summed E-state index contributed by atoms with van der Waals surface area (Å²) in [5.41, 5.74) is 0. The highest BCUT2D eigenvalue weighted by Gasteiger charge is 2.19. The minimum absolute atomic E-state index is 0.209. The van der Waals surface area contributed by atoms with Gasteiger partial charge in [0.1, 0.15) is 6.29 Å². The molecule has 2 heteroatoms. The Hall–Kier alpha value is -0.630. The van der Waals surface area contributed by atoms with E-state index in [0.717, 1.165) is 12.7 Å². The minimum Gasteiger partial charge on any atom is -0.381 e. The van der Waals surface area contributed by atoms with Crippen LogP contribution in [0.5, 0.6) is 0 Å². The number of hydrogen-bond acceptors (Lipinski definition) is 2. The molecule has 0 amide bonds. The van der Waals surface area contributed by atoms with Crippen LogP contribution in [0.25, 0.3) is 0 Å². The summed E-state index contributed by atoms with van der Waals surface area (Å²) in [6.07, 6.45) is 5.55. The summed E-state index contributed by atoms with van der Waals surface area (Å²) >= 11 is 0. The summed E-state index contributed by atoms with van der Waals surface area (Å²) in [4.78, 5) is 10.1. The number of carbonyl (C=O) groups is 1. The Morgan fingerprint density at radius 3 is 2.38 bits per heavy atom. The average molecular weight is 184 g/mol. The van der Waals surface area contributed by atoms with Gasteiger partial charge in [-0.15, -0.1) is 0 Å². The molecular weight excluding hydrogens is 164 g/mol. The molecule has 0 aliphatic heterocycles. The first kappa shape index (κ1) is 12.4. The molecule has 2 nitrogen and oxygen atoms in total. The van der Waals surface area contributed by atoms with E-state index in [2.05, 4.69) is 20.8 Å². The Labute approximate surface area is 81.0 Å². The van der Waals surface area contributed by atoms with E-state index in [4.69, 9.17) is 4.74 Å². The van der Waals surface area contributed by atoms with Gasteiger partial charge in [0.05, 0.1) is 6.10 Å². The summed E-state index contributed by atoms with van der Waals surface area (Å²) < 4.78 is 5.39. The minimum atomic E-state index is 0.209. The molecule has 0 aliphatic carbocycles. The Kier molecular flexibility index (Phi) is 6.51. The van der Waals surface area contributed by atoms with Gasteiger partial charge in [0.2, 0.25) is 0 Å². The van der Waals surface area contributed by atoms with E-state index in [1.54, 1.807) is 13.2 Å². The Morgan fingerprint density at radius 2 is 2.00 bits per heavy atom. The summed E-state index contributed by atoms with van der Waals surface area (Å²) in [7, 11) is 1.72. The van der Waals surface area contributed by atoms with Crippen LogP contribution in [0.3, 0.4) is 0 Å². The molecule has 0 radical (unpaired) electrons. The van der Waals surface area contributed by atoms with Gasteiger partial charge in [-0.1, -0.05) is 33.3 Å². The van der Waals surface area contributed by atoms with Crippen molar-refractivity contribution in [1.29, 1.82) is 0 Å². The van der Waals surface area contributed by atoms with Gasteiger partial charge in [0.15, 0.2) is 0 Å². The molecule has 0 saturated carbocycles. The largest absolute Gasteiger partial charge is 0.381 e. The van der Waals surface area contributed by atoms with Crippen molar-refractivity contribution >= 4 is 6.29 Å². The van der Waals surface area contributed by atoms with Crippen molar-refractivity contribution in [2.45, 2.75) is 33.3 Å². The predicted molar refractivity (Wildman–Crippen MR) is 54.6 cm³/mol. The normalized spacial score (nSPS) is 18.5. The van der Waals surface area contributed by atoms with E-state index in [1.165, 1.54) is 0 Å². The van der Waals surface area contributed by atoms with Crippen LogP contribution in [0.4, 0.5) is 0 Å². The predicted octanol–water partition coefficient (Wildman–Crippen LogP) is 2.44. The SMILES string of the molecule is CCC(C)C(OC)C(C)/C=C/C=O. The molecule has 3 unspecified atom stereocenters. The van der Waals surface area contributed by atoms with Gasteiger partial charge in [-0.2, -0.15) is 0 Å². The number of hydrogen-bond donors (Lipinski definition) is 0. The van der Waals surface area contributed by atoms with Gasteiger partial charge in [0.25, 0.3) is 0 Å². The molecule has 0 bridgehead atoms. The van der Waals surface area contributed by atoms with Crippen LogP contribution >= 0.6 is 0 Å². The van der Waals surface area contributed by atoms with Crippen molar-refractivity contribution in [1.82, 2.24) is 0 Å². The molecule has 0 aromatic carbocycles. The van der Waals surface area contributed by atoms with E-state index in [1.807, 2.05) is 6.08 Å². The Bertz CT molecular complexity index is 163. The number of methoxy groups -OCH3 is 1. The quantitative estimate of drug-likeness (QED) is 0.468. The maximum atomic E-state index is 10.1. The molecule has 0 aliphatic rings. The third-order valence-electron chi connectivity index (χ3n) is 2.49. The molecule has 0 N–H and O–H groups in total. The summed E-state index contributed by atoms with van der Waals surface area (Å²) in [6, 6.07) is 0. The molecule has 76 valence electrons. The first-order valence-electron chi connectivity index (χ1n) is 4.82. The molecule has 0 spiro atoms. The zero-order valence-electron chi connectivity index (χ0n) is 8.99. The molecule has 0 fully saturated rings. The van der Waals surface area contributed by atoms with Gasteiger partial charge in [-0.05, 0) is 12.0 Å². The molecule has 0 saturated heterocycles. The molecule has 0 aromatic heterocycles. The van der Waals surface area contributed by atoms with Crippen LogP contribution in [0.2, 0.25) is 0 Å². The van der Waals surface area contributed by atoms with Crippen molar-refractivity contribution in [3.05, 3.63) is 12.2 Å². The van der Waals surface area contributed by atoms with Gasteiger partial charge < -0.3 is 4.74 Å². The fourth-order valence-corrected chi connectivity index (χ4v) is 1.53. The molecular formula is C11H20O2. The van der Waals surface area contributed by atoms with Crippen molar-refractivity contribution < 1.29 is 9.53 Å². The van der Waals surface area contributed by atoms with Crippen LogP contribution in [-0.4, -0.2) is 19.5 Å². The van der Waals surface area contributed by atoms with Gasteiger partial charge in [-0.3, -0.25) is 4.79 Å². The lowest BCUT2D eigenvalue weighted by molar-refractivity contribution is -0.104. The third-order valence-corrected chi connectivity index (χ3v) is 2.49. The third kappa shape index (κ3) is 4.23. The summed E-state index contributed by atoms with van der Waals surface area (Å²) in [5.74, 6) is 0.821. The topological polar surface area (TPSA) is 26.3 Å². The molecule has 0 aromatic rings. The Morgan fingerprint density at radius 1 is 1.38 bits per heavy atom. The molecule has 3 atom stereocenters. The maximum absolute atomic E-state index is 10.1. The lowest BCUT2D eigenvalue weighted by Crippen LogP contribution is -2.26. The molecule has 0 rings (SSSR count). The first-order valence-corrected chi connectivity index (χ1v) is 4.82. The fraction of sp³-hybridized carbons (Fsp3) is 0.727. The van der Waals surface area contributed by atoms with E-state index < -0.39 is 0 Å². The van der Waals surface area contributed by atoms with Crippen LogP contribution in [0.1, 0.15) is 27.2 Å². The number of carbonyl (C=O) groups excluding carboxylic acids is 1. The number of rotatable bonds is 6. The second-order valence-corrected chi connectivity index (χ2v) is 3.47. The Balaban J connectivity index is 4.21. The highest BCUT2D eigenvalue weighted by atomic mass is 16.5. The van der Waals surface area contributed by atoms with Gasteiger partial charge in [-0.25, -0.2) is 0 Å². The van der Waals surface area contributed by atoms with Gasteiger partial charge >= 0.3 is 0 Å². The van der Waals surface area contributed by atoms with Crippen molar-refractivity contribution in [3.63, 3.8) is 0 Å². The van der Waals surface area contributed by atoms with E-state index in [-0.39, 0.29) is 6.10 Å². The van der Waals surface area contributed by atoms with Crippen LogP contribution in [-0.2, 0) is 9.53 Å². The van der Waals surface area contributed by atoms with Crippen molar-refractivity contribution in [2.24, 2.45) is 11.8 Å². The maximum Gasteiger partial charge on any atom is 0.142 e. The van der Waals surface area contributed by atoms with Gasteiger partial charge in [0, 0.05) is 13.0 Å². The van der Waals surface area contributed by atoms with Crippen LogP contribution in [0, 0.1) is 11.8 Å². The zero-order chi connectivity index (χ0) is 10.3. The van der Waals surface area contributed by atoms with Crippen molar-refractivity contribution in [3.8, 4) is 0 Å². The first-order chi connectivity index (χ1) is 6.17. The van der Waals surface area contributed by atoms with E-state index >= 15 is 0 Å².